The average molecular weight is 208 g/mol. The van der Waals surface area contributed by atoms with Crippen LogP contribution in [0.2, 0.25) is 0 Å². The van der Waals surface area contributed by atoms with Gasteiger partial charge in [0.1, 0.15) is 0 Å². The van der Waals surface area contributed by atoms with Crippen molar-refractivity contribution in [3.63, 3.8) is 0 Å². The standard InChI is InChI=1S/C8H10O2.C4H6O/c9-5-7-3-1-2-4-8(7)6-10;1-3-5-4-2/h1-4,9-10H,5-6H2;3-4H,1-2H2. The van der Waals surface area contributed by atoms with Gasteiger partial charge in [-0.3, -0.25) is 0 Å². The fraction of sp³-hybridized carbons (Fsp3) is 0.167. The third-order valence-electron chi connectivity index (χ3n) is 1.65. The summed E-state index contributed by atoms with van der Waals surface area (Å²) in [5, 5.41) is 17.5. The van der Waals surface area contributed by atoms with E-state index in [-0.39, 0.29) is 13.2 Å². The molecule has 0 heterocycles. The molecule has 0 aliphatic heterocycles. The molecule has 15 heavy (non-hydrogen) atoms. The van der Waals surface area contributed by atoms with Crippen molar-refractivity contribution in [3.8, 4) is 0 Å². The fourth-order valence-corrected chi connectivity index (χ4v) is 0.934. The van der Waals surface area contributed by atoms with Gasteiger partial charge < -0.3 is 14.9 Å². The maximum atomic E-state index is 8.74. The van der Waals surface area contributed by atoms with Gasteiger partial charge in [0.2, 0.25) is 0 Å². The normalized spacial score (nSPS) is 8.40. The number of ether oxygens (including phenoxy) is 1. The topological polar surface area (TPSA) is 49.7 Å². The van der Waals surface area contributed by atoms with Crippen LogP contribution in [0.5, 0.6) is 0 Å². The van der Waals surface area contributed by atoms with Crippen LogP contribution in [0.1, 0.15) is 11.1 Å². The highest BCUT2D eigenvalue weighted by atomic mass is 16.5. The quantitative estimate of drug-likeness (QED) is 0.744. The van der Waals surface area contributed by atoms with Crippen LogP contribution in [0, 0.1) is 0 Å². The van der Waals surface area contributed by atoms with Crippen LogP contribution in [0.15, 0.2) is 49.9 Å². The first-order valence-corrected chi connectivity index (χ1v) is 4.45. The van der Waals surface area contributed by atoms with E-state index in [1.165, 1.54) is 12.5 Å². The molecule has 3 heteroatoms. The monoisotopic (exact) mass is 208 g/mol. The van der Waals surface area contributed by atoms with Crippen molar-refractivity contribution in [1.29, 1.82) is 0 Å². The highest BCUT2D eigenvalue weighted by Gasteiger charge is 1.95. The van der Waals surface area contributed by atoms with E-state index in [2.05, 4.69) is 17.9 Å². The lowest BCUT2D eigenvalue weighted by Gasteiger charge is -2.01. The van der Waals surface area contributed by atoms with Gasteiger partial charge in [-0.1, -0.05) is 37.4 Å². The van der Waals surface area contributed by atoms with Crippen molar-refractivity contribution in [3.05, 3.63) is 61.1 Å². The van der Waals surface area contributed by atoms with E-state index < -0.39 is 0 Å². The van der Waals surface area contributed by atoms with Crippen molar-refractivity contribution in [1.82, 2.24) is 0 Å². The van der Waals surface area contributed by atoms with Crippen LogP contribution >= 0.6 is 0 Å². The Morgan fingerprint density at radius 3 is 1.60 bits per heavy atom. The maximum Gasteiger partial charge on any atom is 0.0829 e. The lowest BCUT2D eigenvalue weighted by Crippen LogP contribution is -1.91. The van der Waals surface area contributed by atoms with Crippen LogP contribution in [0.25, 0.3) is 0 Å². The third kappa shape index (κ3) is 5.67. The summed E-state index contributed by atoms with van der Waals surface area (Å²) in [5.41, 5.74) is 1.59. The van der Waals surface area contributed by atoms with Crippen molar-refractivity contribution in [2.45, 2.75) is 13.2 Å². The third-order valence-corrected chi connectivity index (χ3v) is 1.65. The van der Waals surface area contributed by atoms with E-state index in [0.717, 1.165) is 11.1 Å². The molecule has 3 nitrogen and oxygen atoms in total. The predicted molar refractivity (Wildman–Crippen MR) is 59.8 cm³/mol. The second-order valence-electron chi connectivity index (χ2n) is 2.55. The zero-order valence-electron chi connectivity index (χ0n) is 8.60. The molecule has 0 aromatic heterocycles. The Bertz CT molecular complexity index is 266. The Morgan fingerprint density at radius 2 is 1.40 bits per heavy atom. The summed E-state index contributed by atoms with van der Waals surface area (Å²) in [6.45, 7) is 6.51. The SMILES string of the molecule is C=COC=C.OCc1ccccc1CO. The first kappa shape index (κ1) is 13.4. The summed E-state index contributed by atoms with van der Waals surface area (Å²) in [4.78, 5) is 0. The minimum absolute atomic E-state index is 0.00324. The Labute approximate surface area is 89.9 Å². The molecule has 1 aromatic rings. The molecule has 0 atom stereocenters. The van der Waals surface area contributed by atoms with Crippen molar-refractivity contribution in [2.75, 3.05) is 0 Å². The van der Waals surface area contributed by atoms with Gasteiger partial charge in [-0.25, -0.2) is 0 Å². The van der Waals surface area contributed by atoms with Crippen molar-refractivity contribution >= 4 is 0 Å². The molecule has 0 aliphatic carbocycles. The number of hydrogen-bond acceptors (Lipinski definition) is 3. The van der Waals surface area contributed by atoms with Crippen molar-refractivity contribution in [2.24, 2.45) is 0 Å². The molecule has 0 spiro atoms. The van der Waals surface area contributed by atoms with Crippen molar-refractivity contribution < 1.29 is 14.9 Å². The summed E-state index contributed by atoms with van der Waals surface area (Å²) < 4.78 is 4.36. The van der Waals surface area contributed by atoms with E-state index in [1.807, 2.05) is 12.1 Å². The molecule has 2 N–H and O–H groups in total. The van der Waals surface area contributed by atoms with E-state index in [9.17, 15) is 0 Å². The van der Waals surface area contributed by atoms with Gasteiger partial charge >= 0.3 is 0 Å². The number of aliphatic hydroxyl groups excluding tert-OH is 2. The van der Waals surface area contributed by atoms with E-state index in [4.69, 9.17) is 10.2 Å². The number of rotatable bonds is 4. The Morgan fingerprint density at radius 1 is 1.00 bits per heavy atom. The molecular formula is C12H16O3. The zero-order valence-corrected chi connectivity index (χ0v) is 8.60. The summed E-state index contributed by atoms with van der Waals surface area (Å²) in [6.07, 6.45) is 2.62. The van der Waals surface area contributed by atoms with E-state index in [1.54, 1.807) is 12.1 Å². The molecule has 0 radical (unpaired) electrons. The van der Waals surface area contributed by atoms with Gasteiger partial charge in [0.15, 0.2) is 0 Å². The highest BCUT2D eigenvalue weighted by Crippen LogP contribution is 2.07. The minimum Gasteiger partial charge on any atom is -0.474 e. The minimum atomic E-state index is -0.00324. The Balaban J connectivity index is 0.000000336. The van der Waals surface area contributed by atoms with Gasteiger partial charge in [-0.2, -0.15) is 0 Å². The Hall–Kier alpha value is -1.58. The molecule has 1 rings (SSSR count). The summed E-state index contributed by atoms with van der Waals surface area (Å²) in [6, 6.07) is 7.27. The molecular weight excluding hydrogens is 192 g/mol. The molecule has 1 aromatic carbocycles. The Kier molecular flexibility index (Phi) is 8.05. The molecule has 0 bridgehead atoms. The molecule has 0 aliphatic rings. The highest BCUT2D eigenvalue weighted by molar-refractivity contribution is 5.25. The number of aliphatic hydroxyl groups is 2. The first-order chi connectivity index (χ1) is 7.29. The van der Waals surface area contributed by atoms with Gasteiger partial charge in [0.25, 0.3) is 0 Å². The summed E-state index contributed by atoms with van der Waals surface area (Å²) >= 11 is 0. The smallest absolute Gasteiger partial charge is 0.0829 e. The van der Waals surface area contributed by atoms with E-state index >= 15 is 0 Å². The summed E-state index contributed by atoms with van der Waals surface area (Å²) in [5.74, 6) is 0. The second-order valence-corrected chi connectivity index (χ2v) is 2.55. The molecule has 0 saturated heterocycles. The average Bonchev–Trinajstić information content (AvgIpc) is 2.31. The van der Waals surface area contributed by atoms with Crippen LogP contribution < -0.4 is 0 Å². The number of benzene rings is 1. The molecule has 0 fully saturated rings. The summed E-state index contributed by atoms with van der Waals surface area (Å²) in [7, 11) is 0. The molecule has 82 valence electrons. The lowest BCUT2D eigenvalue weighted by atomic mass is 10.1. The fourth-order valence-electron chi connectivity index (χ4n) is 0.934. The number of hydrogen-bond donors (Lipinski definition) is 2. The van der Waals surface area contributed by atoms with Gasteiger partial charge in [-0.15, -0.1) is 0 Å². The van der Waals surface area contributed by atoms with Crippen LogP contribution in [0.3, 0.4) is 0 Å². The van der Waals surface area contributed by atoms with Gasteiger partial charge in [0.05, 0.1) is 25.7 Å². The van der Waals surface area contributed by atoms with Crippen LogP contribution in [-0.4, -0.2) is 10.2 Å². The maximum absolute atomic E-state index is 8.74. The van der Waals surface area contributed by atoms with Gasteiger partial charge in [0, 0.05) is 0 Å². The predicted octanol–water partition coefficient (Wildman–Crippen LogP) is 1.96. The molecule has 0 saturated carbocycles. The second kappa shape index (κ2) is 8.99. The molecule has 0 amide bonds. The van der Waals surface area contributed by atoms with Gasteiger partial charge in [-0.05, 0) is 11.1 Å². The lowest BCUT2D eigenvalue weighted by molar-refractivity contribution is 0.260. The largest absolute Gasteiger partial charge is 0.474 e. The van der Waals surface area contributed by atoms with E-state index in [0.29, 0.717) is 0 Å². The zero-order chi connectivity index (χ0) is 11.5. The van der Waals surface area contributed by atoms with Crippen LogP contribution in [-0.2, 0) is 18.0 Å². The molecule has 0 unspecified atom stereocenters. The van der Waals surface area contributed by atoms with Crippen LogP contribution in [0.4, 0.5) is 0 Å². The first-order valence-electron chi connectivity index (χ1n) is 4.45.